The van der Waals surface area contributed by atoms with Crippen LogP contribution in [0.3, 0.4) is 0 Å². The third-order valence-electron chi connectivity index (χ3n) is 2.45. The van der Waals surface area contributed by atoms with Crippen LogP contribution in [0.5, 0.6) is 0 Å². The van der Waals surface area contributed by atoms with Crippen LogP contribution in [0, 0.1) is 11.3 Å². The van der Waals surface area contributed by atoms with Crippen molar-refractivity contribution in [3.05, 3.63) is 32.6 Å². The minimum atomic E-state index is -0.621. The van der Waals surface area contributed by atoms with Gasteiger partial charge in [-0.25, -0.2) is 4.79 Å². The minimum absolute atomic E-state index is 0.0227. The summed E-state index contributed by atoms with van der Waals surface area (Å²) in [7, 11) is 0. The van der Waals surface area contributed by atoms with Gasteiger partial charge in [0.15, 0.2) is 0 Å². The predicted molar refractivity (Wildman–Crippen MR) is 68.4 cm³/mol. The fraction of sp³-hybridized carbons (Fsp3) is 0.545. The van der Waals surface area contributed by atoms with Crippen molar-refractivity contribution in [3.63, 3.8) is 0 Å². The van der Waals surface area contributed by atoms with Gasteiger partial charge in [0.1, 0.15) is 11.6 Å². The van der Waals surface area contributed by atoms with E-state index >= 15 is 0 Å². The van der Waals surface area contributed by atoms with Gasteiger partial charge < -0.3 is 0 Å². The summed E-state index contributed by atoms with van der Waals surface area (Å²) < 4.78 is 1.41. The van der Waals surface area contributed by atoms with Gasteiger partial charge in [0.05, 0.1) is 0 Å². The Morgan fingerprint density at radius 1 is 1.59 bits per heavy atom. The number of H-pyrrole nitrogens is 1. The molecule has 0 aliphatic heterocycles. The van der Waals surface area contributed by atoms with Crippen LogP contribution in [-0.4, -0.2) is 21.1 Å². The Morgan fingerprint density at radius 2 is 2.29 bits per heavy atom. The standard InChI is InChI=1S/C11H15N3O2S/c1-3-17-5-4-8(2)14-7-9(6-12)10(15)13-11(14)16/h7-8H,3-5H2,1-2H3,(H,13,15,16). The van der Waals surface area contributed by atoms with Crippen molar-refractivity contribution in [3.8, 4) is 6.07 Å². The molecular weight excluding hydrogens is 238 g/mol. The number of nitrogens with one attached hydrogen (secondary N) is 1. The molecule has 1 unspecified atom stereocenters. The predicted octanol–water partition coefficient (Wildman–Crippen LogP) is 1.11. The van der Waals surface area contributed by atoms with Gasteiger partial charge in [-0.2, -0.15) is 17.0 Å². The average Bonchev–Trinajstić information content (AvgIpc) is 2.29. The van der Waals surface area contributed by atoms with E-state index in [4.69, 9.17) is 5.26 Å². The summed E-state index contributed by atoms with van der Waals surface area (Å²) in [4.78, 5) is 24.9. The van der Waals surface area contributed by atoms with E-state index in [9.17, 15) is 9.59 Å². The zero-order valence-electron chi connectivity index (χ0n) is 9.90. The van der Waals surface area contributed by atoms with Crippen molar-refractivity contribution in [2.45, 2.75) is 26.3 Å². The third kappa shape index (κ3) is 3.49. The van der Waals surface area contributed by atoms with Crippen LogP contribution in [0.4, 0.5) is 0 Å². The Labute approximate surface area is 103 Å². The second kappa shape index (κ2) is 6.30. The highest BCUT2D eigenvalue weighted by Gasteiger charge is 2.09. The summed E-state index contributed by atoms with van der Waals surface area (Å²) in [5.74, 6) is 1.99. The van der Waals surface area contributed by atoms with Crippen molar-refractivity contribution in [1.29, 1.82) is 5.26 Å². The number of nitrogens with zero attached hydrogens (tertiary/aromatic N) is 2. The van der Waals surface area contributed by atoms with E-state index in [1.165, 1.54) is 10.8 Å². The fourth-order valence-electron chi connectivity index (χ4n) is 1.43. The van der Waals surface area contributed by atoms with Gasteiger partial charge in [0.25, 0.3) is 5.56 Å². The lowest BCUT2D eigenvalue weighted by Gasteiger charge is -2.13. The molecule has 92 valence electrons. The molecule has 0 saturated carbocycles. The highest BCUT2D eigenvalue weighted by atomic mass is 32.2. The molecule has 5 nitrogen and oxygen atoms in total. The van der Waals surface area contributed by atoms with E-state index in [1.807, 2.05) is 6.92 Å². The minimum Gasteiger partial charge on any atom is -0.296 e. The summed E-state index contributed by atoms with van der Waals surface area (Å²) in [5, 5.41) is 8.74. The Hall–Kier alpha value is -1.48. The smallest absolute Gasteiger partial charge is 0.296 e. The Morgan fingerprint density at radius 3 is 2.88 bits per heavy atom. The largest absolute Gasteiger partial charge is 0.328 e. The molecular formula is C11H15N3O2S. The van der Waals surface area contributed by atoms with E-state index in [0.29, 0.717) is 0 Å². The quantitative estimate of drug-likeness (QED) is 0.797. The number of nitriles is 1. The number of aromatic nitrogens is 2. The normalized spacial score (nSPS) is 12.1. The van der Waals surface area contributed by atoms with E-state index in [1.54, 1.807) is 17.8 Å². The molecule has 0 aliphatic rings. The van der Waals surface area contributed by atoms with Crippen molar-refractivity contribution < 1.29 is 0 Å². The molecule has 1 aromatic rings. The Bertz CT molecular complexity index is 527. The summed E-state index contributed by atoms with van der Waals surface area (Å²) >= 11 is 1.80. The monoisotopic (exact) mass is 253 g/mol. The van der Waals surface area contributed by atoms with Crippen molar-refractivity contribution in [2.24, 2.45) is 0 Å². The van der Waals surface area contributed by atoms with E-state index in [-0.39, 0.29) is 11.6 Å². The van der Waals surface area contributed by atoms with Crippen LogP contribution >= 0.6 is 11.8 Å². The Balaban J connectivity index is 2.94. The van der Waals surface area contributed by atoms with Crippen molar-refractivity contribution >= 4 is 11.8 Å². The molecule has 0 bridgehead atoms. The maximum absolute atomic E-state index is 11.6. The maximum atomic E-state index is 11.6. The topological polar surface area (TPSA) is 78.7 Å². The van der Waals surface area contributed by atoms with Crippen molar-refractivity contribution in [2.75, 3.05) is 11.5 Å². The van der Waals surface area contributed by atoms with Crippen LogP contribution in [-0.2, 0) is 0 Å². The molecule has 0 aromatic carbocycles. The fourth-order valence-corrected chi connectivity index (χ4v) is 2.23. The molecule has 0 aliphatic carbocycles. The summed E-state index contributed by atoms with van der Waals surface area (Å²) in [6.07, 6.45) is 2.16. The molecule has 0 saturated heterocycles. The number of hydrogen-bond acceptors (Lipinski definition) is 4. The van der Waals surface area contributed by atoms with Gasteiger partial charge in [0.2, 0.25) is 0 Å². The SMILES string of the molecule is CCSCCC(C)n1cc(C#N)c(=O)[nH]c1=O. The van der Waals surface area contributed by atoms with Gasteiger partial charge >= 0.3 is 5.69 Å². The van der Waals surface area contributed by atoms with E-state index in [2.05, 4.69) is 11.9 Å². The molecule has 1 atom stereocenters. The summed E-state index contributed by atoms with van der Waals surface area (Å²) in [5.41, 5.74) is -1.11. The maximum Gasteiger partial charge on any atom is 0.328 e. The summed E-state index contributed by atoms with van der Waals surface area (Å²) in [6.45, 7) is 3.98. The van der Waals surface area contributed by atoms with Crippen LogP contribution in [0.25, 0.3) is 0 Å². The zero-order chi connectivity index (χ0) is 12.8. The number of hydrogen-bond donors (Lipinski definition) is 1. The molecule has 0 spiro atoms. The van der Waals surface area contributed by atoms with Crippen LogP contribution in [0.15, 0.2) is 15.8 Å². The molecule has 1 N–H and O–H groups in total. The summed E-state index contributed by atoms with van der Waals surface area (Å²) in [6, 6.07) is 1.75. The molecule has 0 fully saturated rings. The van der Waals surface area contributed by atoms with E-state index in [0.717, 1.165) is 17.9 Å². The van der Waals surface area contributed by atoms with Crippen LogP contribution in [0.1, 0.15) is 31.9 Å². The lowest BCUT2D eigenvalue weighted by molar-refractivity contribution is 0.504. The number of rotatable bonds is 5. The highest BCUT2D eigenvalue weighted by Crippen LogP contribution is 2.12. The first-order valence-corrected chi connectivity index (χ1v) is 6.59. The first kappa shape index (κ1) is 13.6. The molecule has 0 radical (unpaired) electrons. The van der Waals surface area contributed by atoms with Gasteiger partial charge in [-0.15, -0.1) is 0 Å². The lowest BCUT2D eigenvalue weighted by Crippen LogP contribution is -2.32. The first-order chi connectivity index (χ1) is 8.10. The van der Waals surface area contributed by atoms with Crippen LogP contribution < -0.4 is 11.2 Å². The molecule has 1 heterocycles. The van der Waals surface area contributed by atoms with Gasteiger partial charge in [-0.1, -0.05) is 6.92 Å². The van der Waals surface area contributed by atoms with Gasteiger partial charge in [-0.3, -0.25) is 14.3 Å². The Kier molecular flexibility index (Phi) is 5.04. The third-order valence-corrected chi connectivity index (χ3v) is 3.38. The molecule has 1 aromatic heterocycles. The number of thioether (sulfide) groups is 1. The second-order valence-corrected chi connectivity index (χ2v) is 5.05. The highest BCUT2D eigenvalue weighted by molar-refractivity contribution is 7.99. The second-order valence-electron chi connectivity index (χ2n) is 3.66. The van der Waals surface area contributed by atoms with Crippen LogP contribution in [0.2, 0.25) is 0 Å². The average molecular weight is 253 g/mol. The first-order valence-electron chi connectivity index (χ1n) is 5.43. The molecule has 6 heteroatoms. The van der Waals surface area contributed by atoms with E-state index < -0.39 is 11.2 Å². The van der Waals surface area contributed by atoms with Gasteiger partial charge in [-0.05, 0) is 24.9 Å². The number of aromatic amines is 1. The molecule has 17 heavy (non-hydrogen) atoms. The molecule has 0 amide bonds. The van der Waals surface area contributed by atoms with Crippen molar-refractivity contribution in [1.82, 2.24) is 9.55 Å². The zero-order valence-corrected chi connectivity index (χ0v) is 10.7. The van der Waals surface area contributed by atoms with Gasteiger partial charge in [0, 0.05) is 12.2 Å². The lowest BCUT2D eigenvalue weighted by atomic mass is 10.2. The molecule has 1 rings (SSSR count).